The molecule has 13 heavy (non-hydrogen) atoms. The molecule has 0 aliphatic heterocycles. The monoisotopic (exact) mass is 188 g/mol. The van der Waals surface area contributed by atoms with E-state index in [-0.39, 0.29) is 12.1 Å². The Balaban J connectivity index is 2.33. The maximum absolute atomic E-state index is 10.8. The first-order valence-corrected chi connectivity index (χ1v) is 4.45. The highest BCUT2D eigenvalue weighted by molar-refractivity contribution is 5.66. The second-order valence-corrected chi connectivity index (χ2v) is 3.32. The first-order valence-electron chi connectivity index (χ1n) is 4.45. The molecule has 1 rings (SSSR count). The van der Waals surface area contributed by atoms with Crippen molar-refractivity contribution in [3.8, 4) is 0 Å². The Bertz CT molecular complexity index is 186. The van der Waals surface area contributed by atoms with Crippen LogP contribution in [0.3, 0.4) is 0 Å². The van der Waals surface area contributed by atoms with Gasteiger partial charge in [-0.3, -0.25) is 0 Å². The topological polar surface area (TPSA) is 84.6 Å². The van der Waals surface area contributed by atoms with Crippen LogP contribution in [0.15, 0.2) is 0 Å². The zero-order chi connectivity index (χ0) is 9.84. The fourth-order valence-electron chi connectivity index (χ4n) is 1.45. The maximum Gasteiger partial charge on any atom is 0.407 e. The average Bonchev–Trinajstić information content (AvgIpc) is 2.11. The van der Waals surface area contributed by atoms with E-state index >= 15 is 0 Å². The fourth-order valence-corrected chi connectivity index (χ4v) is 1.45. The van der Waals surface area contributed by atoms with Gasteiger partial charge in [0.15, 0.2) is 0 Å². The summed E-state index contributed by atoms with van der Waals surface area (Å²) in [7, 11) is 1.51. The van der Waals surface area contributed by atoms with Gasteiger partial charge in [-0.25, -0.2) is 4.79 Å². The van der Waals surface area contributed by atoms with Crippen molar-refractivity contribution in [2.75, 3.05) is 7.05 Å². The molecule has 0 unspecified atom stereocenters. The second-order valence-electron chi connectivity index (χ2n) is 3.32. The molecule has 5 nitrogen and oxygen atoms in total. The Kier molecular flexibility index (Phi) is 3.50. The van der Waals surface area contributed by atoms with E-state index in [1.54, 1.807) is 0 Å². The van der Waals surface area contributed by atoms with Gasteiger partial charge >= 0.3 is 6.09 Å². The molecule has 0 radical (unpaired) electrons. The molecular weight excluding hydrogens is 172 g/mol. The molecule has 1 amide bonds. The summed E-state index contributed by atoms with van der Waals surface area (Å²) in [6, 6.07) is -0.176. The number of aliphatic hydroxyl groups excluding tert-OH is 1. The molecule has 76 valence electrons. The summed E-state index contributed by atoms with van der Waals surface area (Å²) < 4.78 is 4.99. The Labute approximate surface area is 77.2 Å². The lowest BCUT2D eigenvalue weighted by Gasteiger charge is -2.30. The number of hydrogen-bond acceptors (Lipinski definition) is 4. The predicted molar refractivity (Wildman–Crippen MR) is 47.2 cm³/mol. The largest absolute Gasteiger partial charge is 0.446 e. The van der Waals surface area contributed by atoms with Crippen molar-refractivity contribution in [1.82, 2.24) is 5.32 Å². The molecule has 0 bridgehead atoms. The maximum atomic E-state index is 10.8. The number of carbonyl (C=O) groups is 1. The molecule has 3 atom stereocenters. The Morgan fingerprint density at radius 1 is 1.62 bits per heavy atom. The van der Waals surface area contributed by atoms with Crippen LogP contribution < -0.4 is 11.1 Å². The zero-order valence-corrected chi connectivity index (χ0v) is 7.69. The Morgan fingerprint density at radius 3 is 2.85 bits per heavy atom. The van der Waals surface area contributed by atoms with Crippen LogP contribution in [0.25, 0.3) is 0 Å². The van der Waals surface area contributed by atoms with Gasteiger partial charge in [0.1, 0.15) is 6.10 Å². The van der Waals surface area contributed by atoms with Crippen LogP contribution in [0, 0.1) is 0 Å². The van der Waals surface area contributed by atoms with Gasteiger partial charge in [-0.2, -0.15) is 0 Å². The van der Waals surface area contributed by atoms with E-state index in [4.69, 9.17) is 10.5 Å². The molecule has 1 fully saturated rings. The standard InChI is InChI=1S/C8H16N2O3/c1-10-8(12)13-5-2-3-6(9)7(11)4-5/h5-7,11H,2-4,9H2,1H3,(H,10,12)/t5-,6-,7-/m1/s1. The van der Waals surface area contributed by atoms with E-state index < -0.39 is 12.2 Å². The third-order valence-corrected chi connectivity index (χ3v) is 2.30. The van der Waals surface area contributed by atoms with Crippen molar-refractivity contribution >= 4 is 6.09 Å². The van der Waals surface area contributed by atoms with E-state index in [9.17, 15) is 9.90 Å². The molecule has 0 aromatic carbocycles. The molecule has 0 aromatic heterocycles. The van der Waals surface area contributed by atoms with E-state index in [1.165, 1.54) is 7.05 Å². The number of aliphatic hydroxyl groups is 1. The molecule has 4 N–H and O–H groups in total. The summed E-state index contributed by atoms with van der Waals surface area (Å²) in [4.78, 5) is 10.8. The van der Waals surface area contributed by atoms with Crippen LogP contribution in [0.5, 0.6) is 0 Å². The third kappa shape index (κ3) is 2.86. The van der Waals surface area contributed by atoms with Gasteiger partial charge < -0.3 is 20.9 Å². The van der Waals surface area contributed by atoms with Crippen LogP contribution in [0.2, 0.25) is 0 Å². The van der Waals surface area contributed by atoms with E-state index in [2.05, 4.69) is 5.32 Å². The fraction of sp³-hybridized carbons (Fsp3) is 0.875. The lowest BCUT2D eigenvalue weighted by Crippen LogP contribution is -2.43. The minimum Gasteiger partial charge on any atom is -0.446 e. The van der Waals surface area contributed by atoms with Crippen LogP contribution in [0.4, 0.5) is 4.79 Å². The normalized spacial score (nSPS) is 33.9. The van der Waals surface area contributed by atoms with Gasteiger partial charge in [-0.05, 0) is 12.8 Å². The van der Waals surface area contributed by atoms with Crippen molar-refractivity contribution in [1.29, 1.82) is 0 Å². The van der Waals surface area contributed by atoms with Crippen LogP contribution >= 0.6 is 0 Å². The first-order chi connectivity index (χ1) is 6.13. The molecule has 0 heterocycles. The van der Waals surface area contributed by atoms with Crippen molar-refractivity contribution in [3.63, 3.8) is 0 Å². The number of alkyl carbamates (subject to hydrolysis) is 1. The summed E-state index contributed by atoms with van der Waals surface area (Å²) in [5.74, 6) is 0. The van der Waals surface area contributed by atoms with Gasteiger partial charge in [0.05, 0.1) is 6.10 Å². The van der Waals surface area contributed by atoms with Gasteiger partial charge in [0, 0.05) is 19.5 Å². The van der Waals surface area contributed by atoms with Gasteiger partial charge in [0.25, 0.3) is 0 Å². The lowest BCUT2D eigenvalue weighted by molar-refractivity contribution is 0.0134. The van der Waals surface area contributed by atoms with Crippen molar-refractivity contribution in [2.45, 2.75) is 37.5 Å². The molecule has 1 aliphatic rings. The zero-order valence-electron chi connectivity index (χ0n) is 7.69. The summed E-state index contributed by atoms with van der Waals surface area (Å²) in [6.07, 6.45) is 0.661. The van der Waals surface area contributed by atoms with E-state index in [0.717, 1.165) is 6.42 Å². The summed E-state index contributed by atoms with van der Waals surface area (Å²) in [6.45, 7) is 0. The minimum atomic E-state index is -0.552. The minimum absolute atomic E-state index is 0.176. The highest BCUT2D eigenvalue weighted by Gasteiger charge is 2.28. The Morgan fingerprint density at radius 2 is 2.31 bits per heavy atom. The number of amides is 1. The van der Waals surface area contributed by atoms with Crippen LogP contribution in [0.1, 0.15) is 19.3 Å². The predicted octanol–water partition coefficient (Wildman–Crippen LogP) is -0.417. The quantitative estimate of drug-likeness (QED) is 0.522. The molecule has 5 heteroatoms. The van der Waals surface area contributed by atoms with E-state index in [1.807, 2.05) is 0 Å². The molecule has 0 spiro atoms. The Hall–Kier alpha value is -0.810. The van der Waals surface area contributed by atoms with Gasteiger partial charge in [0.2, 0.25) is 0 Å². The highest BCUT2D eigenvalue weighted by Crippen LogP contribution is 2.20. The molecular formula is C8H16N2O3. The van der Waals surface area contributed by atoms with Crippen molar-refractivity contribution in [3.05, 3.63) is 0 Å². The van der Waals surface area contributed by atoms with Gasteiger partial charge in [-0.1, -0.05) is 0 Å². The number of rotatable bonds is 1. The molecule has 0 saturated heterocycles. The number of hydrogen-bond donors (Lipinski definition) is 3. The number of nitrogens with one attached hydrogen (secondary N) is 1. The first kappa shape index (κ1) is 10.3. The summed E-state index contributed by atoms with van der Waals surface area (Å²) in [5.41, 5.74) is 5.60. The smallest absolute Gasteiger partial charge is 0.407 e. The van der Waals surface area contributed by atoms with E-state index in [0.29, 0.717) is 12.8 Å². The van der Waals surface area contributed by atoms with Gasteiger partial charge in [-0.15, -0.1) is 0 Å². The lowest BCUT2D eigenvalue weighted by atomic mass is 9.91. The summed E-state index contributed by atoms with van der Waals surface area (Å²) >= 11 is 0. The van der Waals surface area contributed by atoms with Crippen LogP contribution in [-0.2, 0) is 4.74 Å². The van der Waals surface area contributed by atoms with Crippen molar-refractivity contribution in [2.24, 2.45) is 5.73 Å². The van der Waals surface area contributed by atoms with Crippen LogP contribution in [-0.4, -0.2) is 36.5 Å². The second kappa shape index (κ2) is 4.43. The number of ether oxygens (including phenoxy) is 1. The highest BCUT2D eigenvalue weighted by atomic mass is 16.6. The van der Waals surface area contributed by atoms with Crippen molar-refractivity contribution < 1.29 is 14.6 Å². The summed E-state index contributed by atoms with van der Waals surface area (Å²) in [5, 5.41) is 11.8. The SMILES string of the molecule is CNC(=O)O[C@@H]1CC[C@@H](N)[C@H](O)C1. The molecule has 1 aliphatic carbocycles. The number of carbonyl (C=O) groups excluding carboxylic acids is 1. The molecule has 0 aromatic rings. The number of nitrogens with two attached hydrogens (primary N) is 1. The average molecular weight is 188 g/mol. The molecule has 1 saturated carbocycles. The third-order valence-electron chi connectivity index (χ3n) is 2.30.